The standard InChI is InChI=1S/C27H35NO2.C3H4/c1-16-5-6-18(14-24(16)28(3)4)22-15-27(2)23(11-12-25(27)30)21-9-7-17-13-19(29)8-10-20(17)26(21)22;1-3-2/h5-6,13-14,21-23,25,30H,7-12,15H2,1-4H3;1H,2H3. The van der Waals surface area contributed by atoms with Crippen LogP contribution in [0.3, 0.4) is 0 Å². The fraction of sp³-hybridized carbons (Fsp3) is 0.567. The lowest BCUT2D eigenvalue weighted by atomic mass is 9.53. The molecule has 33 heavy (non-hydrogen) atoms. The number of rotatable bonds is 2. The monoisotopic (exact) mass is 445 g/mol. The Morgan fingerprint density at radius 2 is 1.88 bits per heavy atom. The van der Waals surface area contributed by atoms with Crippen LogP contribution in [0.4, 0.5) is 5.69 Å². The van der Waals surface area contributed by atoms with Crippen molar-refractivity contribution in [2.45, 2.75) is 77.7 Å². The Morgan fingerprint density at radius 3 is 2.58 bits per heavy atom. The molecule has 0 heterocycles. The summed E-state index contributed by atoms with van der Waals surface area (Å²) in [5.74, 6) is 4.02. The fourth-order valence-corrected chi connectivity index (χ4v) is 7.26. The fourth-order valence-electron chi connectivity index (χ4n) is 7.26. The van der Waals surface area contributed by atoms with Crippen molar-refractivity contribution in [1.29, 1.82) is 0 Å². The van der Waals surface area contributed by atoms with Gasteiger partial charge in [0.25, 0.3) is 0 Å². The van der Waals surface area contributed by atoms with Crippen LogP contribution in [0.5, 0.6) is 0 Å². The molecule has 2 fully saturated rings. The van der Waals surface area contributed by atoms with Gasteiger partial charge in [-0.15, -0.1) is 12.3 Å². The molecule has 0 amide bonds. The van der Waals surface area contributed by atoms with Gasteiger partial charge in [0.05, 0.1) is 6.10 Å². The smallest absolute Gasteiger partial charge is 0.156 e. The maximum absolute atomic E-state index is 12.1. The number of aryl methyl sites for hydroxylation is 1. The molecule has 3 nitrogen and oxygen atoms in total. The minimum Gasteiger partial charge on any atom is -0.393 e. The van der Waals surface area contributed by atoms with E-state index in [2.05, 4.69) is 63.4 Å². The number of nitrogens with zero attached hydrogens (tertiary/aromatic N) is 1. The van der Waals surface area contributed by atoms with Crippen LogP contribution in [0.2, 0.25) is 0 Å². The molecule has 0 aliphatic heterocycles. The van der Waals surface area contributed by atoms with Gasteiger partial charge >= 0.3 is 0 Å². The van der Waals surface area contributed by atoms with Crippen LogP contribution in [0, 0.1) is 36.5 Å². The Morgan fingerprint density at radius 1 is 1.15 bits per heavy atom. The Bertz CT molecular complexity index is 1040. The summed E-state index contributed by atoms with van der Waals surface area (Å²) in [5, 5.41) is 11.0. The first-order chi connectivity index (χ1) is 15.7. The molecule has 5 rings (SSSR count). The molecule has 4 aliphatic carbocycles. The van der Waals surface area contributed by atoms with Crippen molar-refractivity contribution < 1.29 is 9.90 Å². The van der Waals surface area contributed by atoms with Gasteiger partial charge in [-0.1, -0.05) is 24.6 Å². The zero-order valence-electron chi connectivity index (χ0n) is 20.9. The van der Waals surface area contributed by atoms with E-state index in [0.717, 1.165) is 38.5 Å². The van der Waals surface area contributed by atoms with Crippen molar-refractivity contribution in [3.63, 3.8) is 0 Å². The predicted molar refractivity (Wildman–Crippen MR) is 136 cm³/mol. The third-order valence-corrected chi connectivity index (χ3v) is 8.80. The highest BCUT2D eigenvalue weighted by atomic mass is 16.3. The first-order valence-electron chi connectivity index (χ1n) is 12.5. The third kappa shape index (κ3) is 4.08. The van der Waals surface area contributed by atoms with Crippen molar-refractivity contribution >= 4 is 11.5 Å². The molecule has 1 aromatic rings. The van der Waals surface area contributed by atoms with Crippen LogP contribution in [-0.4, -0.2) is 31.1 Å². The Balaban J connectivity index is 0.000000821. The maximum atomic E-state index is 12.1. The first kappa shape index (κ1) is 23.8. The molecule has 5 atom stereocenters. The van der Waals surface area contributed by atoms with E-state index < -0.39 is 0 Å². The molecule has 0 radical (unpaired) electrons. The van der Waals surface area contributed by atoms with Crippen LogP contribution in [0.15, 0.2) is 41.0 Å². The van der Waals surface area contributed by atoms with Crippen LogP contribution in [0.1, 0.15) is 75.8 Å². The van der Waals surface area contributed by atoms with Crippen molar-refractivity contribution in [3.05, 3.63) is 52.1 Å². The molecule has 3 heteroatoms. The molecular formula is C30H39NO2. The summed E-state index contributed by atoms with van der Waals surface area (Å²) in [6, 6.07) is 6.95. The number of fused-ring (bicyclic) bond motifs is 4. The number of ketones is 1. The minimum atomic E-state index is -0.194. The third-order valence-electron chi connectivity index (χ3n) is 8.80. The number of carbonyl (C=O) groups excluding carboxylic acids is 1. The number of hydrogen-bond donors (Lipinski definition) is 1. The van der Waals surface area contributed by atoms with E-state index in [9.17, 15) is 9.90 Å². The summed E-state index contributed by atoms with van der Waals surface area (Å²) < 4.78 is 0. The van der Waals surface area contributed by atoms with Crippen molar-refractivity contribution in [2.24, 2.45) is 17.3 Å². The van der Waals surface area contributed by atoms with E-state index >= 15 is 0 Å². The van der Waals surface area contributed by atoms with Crippen LogP contribution >= 0.6 is 0 Å². The molecule has 2 saturated carbocycles. The number of benzene rings is 1. The first-order valence-corrected chi connectivity index (χ1v) is 12.5. The largest absolute Gasteiger partial charge is 0.393 e. The van der Waals surface area contributed by atoms with E-state index in [1.165, 1.54) is 28.0 Å². The van der Waals surface area contributed by atoms with Crippen molar-refractivity contribution in [1.82, 2.24) is 0 Å². The number of carbonyl (C=O) groups is 1. The van der Waals surface area contributed by atoms with E-state index in [1.54, 1.807) is 12.5 Å². The number of terminal acetylenes is 1. The second-order valence-electron chi connectivity index (χ2n) is 10.9. The molecule has 0 spiro atoms. The summed E-state index contributed by atoms with van der Waals surface area (Å²) in [7, 11) is 4.23. The molecule has 0 aromatic heterocycles. The molecule has 4 aliphatic rings. The lowest BCUT2D eigenvalue weighted by Crippen LogP contribution is -2.45. The highest BCUT2D eigenvalue weighted by molar-refractivity contribution is 5.93. The maximum Gasteiger partial charge on any atom is 0.156 e. The molecule has 176 valence electrons. The van der Waals surface area contributed by atoms with E-state index in [0.29, 0.717) is 30.0 Å². The zero-order valence-corrected chi connectivity index (χ0v) is 20.9. The van der Waals surface area contributed by atoms with Crippen LogP contribution in [0.25, 0.3) is 0 Å². The second-order valence-corrected chi connectivity index (χ2v) is 10.9. The van der Waals surface area contributed by atoms with Crippen LogP contribution < -0.4 is 4.90 Å². The Hall–Kier alpha value is -2.31. The van der Waals surface area contributed by atoms with Crippen LogP contribution in [-0.2, 0) is 4.79 Å². The molecule has 0 bridgehead atoms. The van der Waals surface area contributed by atoms with Crippen molar-refractivity contribution in [3.8, 4) is 12.3 Å². The lowest BCUT2D eigenvalue weighted by molar-refractivity contribution is -0.114. The van der Waals surface area contributed by atoms with E-state index in [4.69, 9.17) is 0 Å². The summed E-state index contributed by atoms with van der Waals surface area (Å²) >= 11 is 0. The van der Waals surface area contributed by atoms with Gasteiger partial charge in [-0.05, 0) is 104 Å². The van der Waals surface area contributed by atoms with Gasteiger partial charge in [-0.25, -0.2) is 0 Å². The number of aliphatic hydroxyl groups excluding tert-OH is 1. The summed E-state index contributed by atoms with van der Waals surface area (Å²) in [6.07, 6.45) is 13.2. The van der Waals surface area contributed by atoms with Gasteiger partial charge in [-0.3, -0.25) is 4.79 Å². The molecule has 5 unspecified atom stereocenters. The Kier molecular flexibility index (Phi) is 6.61. The number of hydrogen-bond acceptors (Lipinski definition) is 3. The normalized spacial score (nSPS) is 32.5. The average molecular weight is 446 g/mol. The lowest BCUT2D eigenvalue weighted by Gasteiger charge is -2.52. The Labute approximate surface area is 200 Å². The number of aliphatic hydroxyl groups is 1. The topological polar surface area (TPSA) is 40.5 Å². The number of anilines is 1. The molecular weight excluding hydrogens is 406 g/mol. The van der Waals surface area contributed by atoms with Gasteiger partial charge < -0.3 is 10.0 Å². The quantitative estimate of drug-likeness (QED) is 0.571. The molecule has 1 aromatic carbocycles. The second kappa shape index (κ2) is 9.15. The van der Waals surface area contributed by atoms with Gasteiger partial charge in [0.2, 0.25) is 0 Å². The van der Waals surface area contributed by atoms with Crippen molar-refractivity contribution in [2.75, 3.05) is 19.0 Å². The predicted octanol–water partition coefficient (Wildman–Crippen LogP) is 5.96. The zero-order chi connectivity index (χ0) is 23.9. The highest BCUT2D eigenvalue weighted by Crippen LogP contribution is 2.63. The van der Waals surface area contributed by atoms with Gasteiger partial charge in [0, 0.05) is 32.1 Å². The van der Waals surface area contributed by atoms with E-state index in [1.807, 2.05) is 6.08 Å². The SMILES string of the molecule is C#CC.Cc1ccc(C2CC3(C)C(O)CCC3C3CCC4=CC(=O)CCC4=C23)cc1N(C)C. The highest BCUT2D eigenvalue weighted by Gasteiger charge is 2.56. The summed E-state index contributed by atoms with van der Waals surface area (Å²) in [4.78, 5) is 14.3. The average Bonchev–Trinajstić information content (AvgIpc) is 3.08. The molecule has 1 N–H and O–H groups in total. The van der Waals surface area contributed by atoms with Gasteiger partial charge in [-0.2, -0.15) is 0 Å². The molecule has 0 saturated heterocycles. The van der Waals surface area contributed by atoms with Gasteiger partial charge in [0.15, 0.2) is 5.78 Å². The summed E-state index contributed by atoms with van der Waals surface area (Å²) in [5.41, 5.74) is 8.37. The van der Waals surface area contributed by atoms with E-state index in [-0.39, 0.29) is 11.5 Å². The van der Waals surface area contributed by atoms with Gasteiger partial charge in [0.1, 0.15) is 0 Å². The minimum absolute atomic E-state index is 0.00569. The summed E-state index contributed by atoms with van der Waals surface area (Å²) in [6.45, 7) is 6.18. The number of allylic oxidation sites excluding steroid dienone is 4.